The topological polar surface area (TPSA) is 49.4 Å². The Kier molecular flexibility index (Phi) is 5.61. The van der Waals surface area contributed by atoms with E-state index in [4.69, 9.17) is 11.6 Å². The van der Waals surface area contributed by atoms with Crippen molar-refractivity contribution < 1.29 is 9.59 Å². The lowest BCUT2D eigenvalue weighted by molar-refractivity contribution is -0.142. The zero-order valence-electron chi connectivity index (χ0n) is 15.9. The number of likely N-dealkylation sites (tertiary alicyclic amines) is 1. The van der Waals surface area contributed by atoms with E-state index in [0.29, 0.717) is 24.0 Å². The molecule has 0 aromatic heterocycles. The van der Waals surface area contributed by atoms with E-state index in [1.165, 1.54) is 0 Å². The van der Waals surface area contributed by atoms with Gasteiger partial charge >= 0.3 is 0 Å². The molecule has 1 N–H and O–H groups in total. The molecule has 1 unspecified atom stereocenters. The highest BCUT2D eigenvalue weighted by molar-refractivity contribution is 6.30. The molecule has 0 radical (unpaired) electrons. The summed E-state index contributed by atoms with van der Waals surface area (Å²) in [6, 6.07) is 7.87. The van der Waals surface area contributed by atoms with Gasteiger partial charge in [0.05, 0.1) is 6.04 Å². The van der Waals surface area contributed by atoms with E-state index in [-0.39, 0.29) is 29.2 Å². The smallest absolute Gasteiger partial charge is 0.227 e. The van der Waals surface area contributed by atoms with Gasteiger partial charge in [-0.25, -0.2) is 0 Å². The van der Waals surface area contributed by atoms with Crippen molar-refractivity contribution >= 4 is 23.4 Å². The first-order valence-corrected chi connectivity index (χ1v) is 9.98. The Morgan fingerprint density at radius 3 is 2.15 bits per heavy atom. The summed E-state index contributed by atoms with van der Waals surface area (Å²) in [5.41, 5.74) is 0.770. The summed E-state index contributed by atoms with van der Waals surface area (Å²) in [6.45, 7) is 7.17. The first kappa shape index (κ1) is 19.2. The fraction of sp³-hybridized carbons (Fsp3) is 0.619. The highest BCUT2D eigenvalue weighted by atomic mass is 35.5. The van der Waals surface area contributed by atoms with E-state index in [1.54, 1.807) is 0 Å². The third-order valence-electron chi connectivity index (χ3n) is 5.41. The van der Waals surface area contributed by atoms with E-state index in [0.717, 1.165) is 31.2 Å². The van der Waals surface area contributed by atoms with Gasteiger partial charge in [0.25, 0.3) is 0 Å². The van der Waals surface area contributed by atoms with Gasteiger partial charge < -0.3 is 10.2 Å². The minimum atomic E-state index is -0.360. The van der Waals surface area contributed by atoms with Crippen LogP contribution in [-0.4, -0.2) is 29.8 Å². The fourth-order valence-electron chi connectivity index (χ4n) is 3.66. The van der Waals surface area contributed by atoms with Gasteiger partial charge in [-0.05, 0) is 49.3 Å². The van der Waals surface area contributed by atoms with E-state index >= 15 is 0 Å². The van der Waals surface area contributed by atoms with Gasteiger partial charge in [-0.15, -0.1) is 0 Å². The lowest BCUT2D eigenvalue weighted by Crippen LogP contribution is -2.47. The largest absolute Gasteiger partial charge is 0.349 e. The van der Waals surface area contributed by atoms with Gasteiger partial charge in [0.1, 0.15) is 0 Å². The van der Waals surface area contributed by atoms with Crippen molar-refractivity contribution in [1.82, 2.24) is 10.2 Å². The monoisotopic (exact) mass is 376 g/mol. The number of benzene rings is 1. The molecule has 1 aliphatic heterocycles. The fourth-order valence-corrected chi connectivity index (χ4v) is 3.79. The molecule has 142 valence electrons. The molecular formula is C21H29ClN2O2. The summed E-state index contributed by atoms with van der Waals surface area (Å²) < 4.78 is 0. The first-order valence-electron chi connectivity index (χ1n) is 9.61. The van der Waals surface area contributed by atoms with Crippen LogP contribution in [0.1, 0.15) is 58.1 Å². The number of nitrogens with one attached hydrogen (secondary N) is 1. The lowest BCUT2D eigenvalue weighted by Gasteiger charge is -2.35. The minimum Gasteiger partial charge on any atom is -0.349 e. The van der Waals surface area contributed by atoms with Crippen LogP contribution in [0.25, 0.3) is 0 Å². The maximum absolute atomic E-state index is 12.8. The second-order valence-corrected chi connectivity index (χ2v) is 9.13. The van der Waals surface area contributed by atoms with E-state index in [2.05, 4.69) is 5.32 Å². The van der Waals surface area contributed by atoms with Crippen LogP contribution in [0, 0.1) is 17.3 Å². The van der Waals surface area contributed by atoms with Gasteiger partial charge in [0.15, 0.2) is 0 Å². The molecule has 5 heteroatoms. The van der Waals surface area contributed by atoms with Crippen molar-refractivity contribution in [2.45, 2.75) is 52.5 Å². The van der Waals surface area contributed by atoms with Crippen molar-refractivity contribution in [1.29, 1.82) is 0 Å². The van der Waals surface area contributed by atoms with Crippen molar-refractivity contribution in [2.24, 2.45) is 17.3 Å². The molecular weight excluding hydrogens is 348 g/mol. The predicted molar refractivity (Wildman–Crippen MR) is 104 cm³/mol. The molecule has 0 spiro atoms. The Labute approximate surface area is 161 Å². The zero-order chi connectivity index (χ0) is 18.9. The number of amides is 2. The molecule has 26 heavy (non-hydrogen) atoms. The number of rotatable bonds is 4. The van der Waals surface area contributed by atoms with Crippen LogP contribution >= 0.6 is 11.6 Å². The SMILES string of the molecule is CC(C)(C)C(=O)N1CCC(C(=O)NC(c2ccc(Cl)cc2)C2CC2)CC1. The van der Waals surface area contributed by atoms with Gasteiger partial charge in [-0.3, -0.25) is 9.59 Å². The number of piperidine rings is 1. The molecule has 1 saturated carbocycles. The van der Waals surface area contributed by atoms with Crippen molar-refractivity contribution in [3.05, 3.63) is 34.9 Å². The summed E-state index contributed by atoms with van der Waals surface area (Å²) in [6.07, 6.45) is 3.80. The normalized spacial score (nSPS) is 19.9. The number of hydrogen-bond donors (Lipinski definition) is 1. The molecule has 1 heterocycles. The second-order valence-electron chi connectivity index (χ2n) is 8.69. The van der Waals surface area contributed by atoms with Crippen molar-refractivity contribution in [3.8, 4) is 0 Å². The molecule has 3 rings (SSSR count). The quantitative estimate of drug-likeness (QED) is 0.856. The number of carbonyl (C=O) groups excluding carboxylic acids is 2. The molecule has 1 saturated heterocycles. The molecule has 1 atom stereocenters. The second kappa shape index (κ2) is 7.59. The molecule has 2 amide bonds. The highest BCUT2D eigenvalue weighted by Crippen LogP contribution is 2.41. The Bertz CT molecular complexity index is 654. The summed E-state index contributed by atoms with van der Waals surface area (Å²) >= 11 is 5.99. The first-order chi connectivity index (χ1) is 12.3. The zero-order valence-corrected chi connectivity index (χ0v) is 16.7. The molecule has 0 bridgehead atoms. The number of hydrogen-bond acceptors (Lipinski definition) is 2. The Morgan fingerprint density at radius 2 is 1.65 bits per heavy atom. The molecule has 2 fully saturated rings. The maximum atomic E-state index is 12.8. The molecule has 2 aliphatic rings. The summed E-state index contributed by atoms with van der Waals surface area (Å²) in [5, 5.41) is 3.99. The van der Waals surface area contributed by atoms with E-state index < -0.39 is 0 Å². The highest BCUT2D eigenvalue weighted by Gasteiger charge is 2.36. The molecule has 1 aliphatic carbocycles. The summed E-state index contributed by atoms with van der Waals surface area (Å²) in [5.74, 6) is 0.823. The third kappa shape index (κ3) is 4.59. The molecule has 1 aromatic carbocycles. The number of carbonyl (C=O) groups is 2. The van der Waals surface area contributed by atoms with Crippen LogP contribution in [0.4, 0.5) is 0 Å². The van der Waals surface area contributed by atoms with Crippen LogP contribution in [0.5, 0.6) is 0 Å². The predicted octanol–water partition coefficient (Wildman–Crippen LogP) is 4.19. The Balaban J connectivity index is 1.58. The van der Waals surface area contributed by atoms with Crippen molar-refractivity contribution in [2.75, 3.05) is 13.1 Å². The molecule has 1 aromatic rings. The number of halogens is 1. The average Bonchev–Trinajstić information content (AvgIpc) is 3.44. The minimum absolute atomic E-state index is 0.00688. The van der Waals surface area contributed by atoms with Crippen molar-refractivity contribution in [3.63, 3.8) is 0 Å². The lowest BCUT2D eigenvalue weighted by atomic mass is 9.90. The van der Waals surface area contributed by atoms with Crippen LogP contribution in [0.2, 0.25) is 5.02 Å². The summed E-state index contributed by atoms with van der Waals surface area (Å²) in [7, 11) is 0. The van der Waals surface area contributed by atoms with Crippen LogP contribution in [0.15, 0.2) is 24.3 Å². The van der Waals surface area contributed by atoms with E-state index in [9.17, 15) is 9.59 Å². The van der Waals surface area contributed by atoms with Gasteiger partial charge in [0.2, 0.25) is 11.8 Å². The standard InChI is InChI=1S/C21H29ClN2O2/c1-21(2,3)20(26)24-12-10-16(11-13-24)19(25)23-18(14-4-5-14)15-6-8-17(22)9-7-15/h6-9,14,16,18H,4-5,10-13H2,1-3H3,(H,23,25). The van der Waals surface area contributed by atoms with Gasteiger partial charge in [-0.1, -0.05) is 44.5 Å². The Morgan fingerprint density at radius 1 is 1.08 bits per heavy atom. The summed E-state index contributed by atoms with van der Waals surface area (Å²) in [4.78, 5) is 27.1. The van der Waals surface area contributed by atoms with Crippen LogP contribution in [0.3, 0.4) is 0 Å². The van der Waals surface area contributed by atoms with Crippen LogP contribution in [-0.2, 0) is 9.59 Å². The third-order valence-corrected chi connectivity index (χ3v) is 5.67. The Hall–Kier alpha value is -1.55. The van der Waals surface area contributed by atoms with E-state index in [1.807, 2.05) is 49.9 Å². The molecule has 4 nitrogen and oxygen atoms in total. The number of nitrogens with zero attached hydrogens (tertiary/aromatic N) is 1. The maximum Gasteiger partial charge on any atom is 0.227 e. The average molecular weight is 377 g/mol. The van der Waals surface area contributed by atoms with Gasteiger partial charge in [0, 0.05) is 29.4 Å². The van der Waals surface area contributed by atoms with Gasteiger partial charge in [-0.2, -0.15) is 0 Å². The van der Waals surface area contributed by atoms with Crippen LogP contribution < -0.4 is 5.32 Å².